The molecule has 0 amide bonds. The maximum absolute atomic E-state index is 13.2. The second kappa shape index (κ2) is 4.33. The summed E-state index contributed by atoms with van der Waals surface area (Å²) in [7, 11) is 1.75. The van der Waals surface area contributed by atoms with Crippen molar-refractivity contribution in [2.45, 2.75) is 19.8 Å². The first-order valence-electron chi connectivity index (χ1n) is 5.76. The Morgan fingerprint density at radius 3 is 2.50 bits per heavy atom. The van der Waals surface area contributed by atoms with Crippen LogP contribution < -0.4 is 11.3 Å². The minimum atomic E-state index is -0.384. The molecule has 0 aliphatic heterocycles. The van der Waals surface area contributed by atoms with Crippen LogP contribution in [0.15, 0.2) is 29.1 Å². The average Bonchev–Trinajstić information content (AvgIpc) is 2.50. The van der Waals surface area contributed by atoms with Gasteiger partial charge in [-0.15, -0.1) is 0 Å². The molecule has 0 spiro atoms. The molecule has 0 radical (unpaired) electrons. The Morgan fingerprint density at radius 1 is 1.33 bits per heavy atom. The zero-order valence-corrected chi connectivity index (χ0v) is 10.6. The largest absolute Gasteiger partial charge is 0.393 e. The van der Waals surface area contributed by atoms with E-state index in [1.54, 1.807) is 23.9 Å². The number of hydrogen-bond acceptors (Lipinski definition) is 2. The first-order valence-corrected chi connectivity index (χ1v) is 5.76. The number of hydrogen-bond donors (Lipinski definition) is 1. The van der Waals surface area contributed by atoms with E-state index in [1.807, 2.05) is 13.8 Å². The van der Waals surface area contributed by atoms with Crippen LogP contribution in [-0.4, -0.2) is 9.36 Å². The number of nitrogen functional groups attached to an aromatic ring is 1. The van der Waals surface area contributed by atoms with E-state index in [0.717, 1.165) is 5.69 Å². The number of anilines is 1. The maximum atomic E-state index is 13.2. The van der Waals surface area contributed by atoms with Crippen molar-refractivity contribution >= 4 is 5.69 Å². The van der Waals surface area contributed by atoms with Gasteiger partial charge in [-0.05, 0) is 24.1 Å². The van der Waals surface area contributed by atoms with E-state index in [4.69, 9.17) is 5.73 Å². The summed E-state index contributed by atoms with van der Waals surface area (Å²) in [5.41, 5.74) is 6.97. The molecule has 0 unspecified atom stereocenters. The van der Waals surface area contributed by atoms with Crippen LogP contribution in [0.25, 0.3) is 5.69 Å². The Hall–Kier alpha value is -2.04. The predicted octanol–water partition coefficient (Wildman–Crippen LogP) is 2.02. The summed E-state index contributed by atoms with van der Waals surface area (Å²) < 4.78 is 16.3. The molecule has 0 fully saturated rings. The normalized spacial score (nSPS) is 11.2. The predicted molar refractivity (Wildman–Crippen MR) is 69.5 cm³/mol. The number of halogens is 1. The molecule has 0 saturated heterocycles. The lowest BCUT2D eigenvalue weighted by Gasteiger charge is -2.11. The van der Waals surface area contributed by atoms with Crippen LogP contribution >= 0.6 is 0 Å². The van der Waals surface area contributed by atoms with Crippen LogP contribution in [0, 0.1) is 5.82 Å². The smallest absolute Gasteiger partial charge is 0.294 e. The van der Waals surface area contributed by atoms with Crippen molar-refractivity contribution in [2.75, 3.05) is 5.73 Å². The molecule has 2 rings (SSSR count). The molecule has 0 aliphatic rings. The average molecular weight is 249 g/mol. The Bertz CT molecular complexity index is 640. The number of nitrogens with zero attached hydrogens (tertiary/aromatic N) is 2. The Morgan fingerprint density at radius 2 is 2.00 bits per heavy atom. The molecule has 0 aliphatic carbocycles. The lowest BCUT2D eigenvalue weighted by molar-refractivity contribution is 0.586. The second-order valence-corrected chi connectivity index (χ2v) is 4.57. The van der Waals surface area contributed by atoms with Crippen molar-refractivity contribution in [1.82, 2.24) is 9.36 Å². The summed E-state index contributed by atoms with van der Waals surface area (Å²) in [6.45, 7) is 3.92. The van der Waals surface area contributed by atoms with Crippen LogP contribution in [0.2, 0.25) is 0 Å². The van der Waals surface area contributed by atoms with Gasteiger partial charge in [0.05, 0.1) is 11.4 Å². The van der Waals surface area contributed by atoms with Gasteiger partial charge in [0.1, 0.15) is 11.5 Å². The van der Waals surface area contributed by atoms with Crippen molar-refractivity contribution in [3.63, 3.8) is 0 Å². The summed E-state index contributed by atoms with van der Waals surface area (Å²) in [6, 6.07) is 5.89. The summed E-state index contributed by atoms with van der Waals surface area (Å²) in [4.78, 5) is 12.1. The second-order valence-electron chi connectivity index (χ2n) is 4.57. The first kappa shape index (κ1) is 12.4. The van der Waals surface area contributed by atoms with E-state index < -0.39 is 0 Å². The van der Waals surface area contributed by atoms with E-state index >= 15 is 0 Å². The van der Waals surface area contributed by atoms with Crippen molar-refractivity contribution in [3.8, 4) is 5.69 Å². The quantitative estimate of drug-likeness (QED) is 0.885. The Labute approximate surface area is 104 Å². The molecule has 0 atom stereocenters. The molecule has 96 valence electrons. The molecular formula is C13H16FN3O. The van der Waals surface area contributed by atoms with Crippen molar-refractivity contribution < 1.29 is 4.39 Å². The van der Waals surface area contributed by atoms with Gasteiger partial charge in [0, 0.05) is 7.05 Å². The standard InChI is InChI=1S/C13H16FN3O/c1-8(2)12-11(15)13(18)17(16(12)3)10-6-4-5-9(14)7-10/h4-8H,15H2,1-3H3. The van der Waals surface area contributed by atoms with Gasteiger partial charge in [-0.3, -0.25) is 9.48 Å². The maximum Gasteiger partial charge on any atom is 0.294 e. The number of rotatable bonds is 2. The highest BCUT2D eigenvalue weighted by Gasteiger charge is 2.18. The van der Waals surface area contributed by atoms with Crippen LogP contribution in [-0.2, 0) is 7.05 Å². The highest BCUT2D eigenvalue weighted by atomic mass is 19.1. The van der Waals surface area contributed by atoms with Gasteiger partial charge in [0.15, 0.2) is 0 Å². The van der Waals surface area contributed by atoms with E-state index in [0.29, 0.717) is 5.69 Å². The van der Waals surface area contributed by atoms with E-state index in [9.17, 15) is 9.18 Å². The topological polar surface area (TPSA) is 53.0 Å². The van der Waals surface area contributed by atoms with Gasteiger partial charge in [-0.25, -0.2) is 9.07 Å². The monoisotopic (exact) mass is 249 g/mol. The first-order chi connectivity index (χ1) is 8.43. The van der Waals surface area contributed by atoms with Crippen LogP contribution in [0.1, 0.15) is 25.5 Å². The Kier molecular flexibility index (Phi) is 2.98. The van der Waals surface area contributed by atoms with Gasteiger partial charge in [-0.2, -0.15) is 0 Å². The van der Waals surface area contributed by atoms with Gasteiger partial charge in [-0.1, -0.05) is 19.9 Å². The van der Waals surface area contributed by atoms with E-state index in [1.165, 1.54) is 16.8 Å². The highest BCUT2D eigenvalue weighted by molar-refractivity contribution is 5.46. The summed E-state index contributed by atoms with van der Waals surface area (Å²) in [5.74, 6) is -0.261. The van der Waals surface area contributed by atoms with Crippen molar-refractivity contribution in [3.05, 3.63) is 46.1 Å². The number of benzene rings is 1. The molecule has 2 aromatic rings. The van der Waals surface area contributed by atoms with Gasteiger partial charge >= 0.3 is 0 Å². The molecule has 0 saturated carbocycles. The third kappa shape index (κ3) is 1.81. The number of nitrogens with two attached hydrogens (primary N) is 1. The highest BCUT2D eigenvalue weighted by Crippen LogP contribution is 2.20. The third-order valence-corrected chi connectivity index (χ3v) is 2.95. The Balaban J connectivity index is 2.74. The van der Waals surface area contributed by atoms with Crippen molar-refractivity contribution in [1.29, 1.82) is 0 Å². The lowest BCUT2D eigenvalue weighted by Crippen LogP contribution is -2.20. The zero-order chi connectivity index (χ0) is 13.4. The van der Waals surface area contributed by atoms with Crippen molar-refractivity contribution in [2.24, 2.45) is 7.05 Å². The van der Waals surface area contributed by atoms with Crippen LogP contribution in [0.3, 0.4) is 0 Å². The zero-order valence-electron chi connectivity index (χ0n) is 10.6. The molecule has 0 bridgehead atoms. The van der Waals surface area contributed by atoms with Gasteiger partial charge in [0.25, 0.3) is 5.56 Å². The molecule has 4 nitrogen and oxygen atoms in total. The minimum absolute atomic E-state index is 0.123. The van der Waals surface area contributed by atoms with E-state index in [-0.39, 0.29) is 23.0 Å². The van der Waals surface area contributed by atoms with E-state index in [2.05, 4.69) is 0 Å². The summed E-state index contributed by atoms with van der Waals surface area (Å²) in [5, 5.41) is 0. The lowest BCUT2D eigenvalue weighted by atomic mass is 10.1. The number of aromatic nitrogens is 2. The molecule has 18 heavy (non-hydrogen) atoms. The van der Waals surface area contributed by atoms with Gasteiger partial charge < -0.3 is 5.73 Å². The van der Waals surface area contributed by atoms with Crippen LogP contribution in [0.4, 0.5) is 10.1 Å². The minimum Gasteiger partial charge on any atom is -0.393 e. The molecule has 1 aromatic carbocycles. The molecular weight excluding hydrogens is 233 g/mol. The van der Waals surface area contributed by atoms with Gasteiger partial charge in [0.2, 0.25) is 0 Å². The summed E-state index contributed by atoms with van der Waals surface area (Å²) >= 11 is 0. The fraction of sp³-hybridized carbons (Fsp3) is 0.308. The fourth-order valence-electron chi connectivity index (χ4n) is 2.22. The third-order valence-electron chi connectivity index (χ3n) is 2.95. The molecule has 1 heterocycles. The molecule has 2 N–H and O–H groups in total. The SMILES string of the molecule is CC(C)c1c(N)c(=O)n(-c2cccc(F)c2)n1C. The fourth-order valence-corrected chi connectivity index (χ4v) is 2.22. The summed E-state index contributed by atoms with van der Waals surface area (Å²) in [6.07, 6.45) is 0. The molecule has 1 aromatic heterocycles. The molecule has 5 heteroatoms. The van der Waals surface area contributed by atoms with Crippen LogP contribution in [0.5, 0.6) is 0 Å².